The van der Waals surface area contributed by atoms with Crippen LogP contribution in [-0.4, -0.2) is 0 Å². The number of rotatable bonds is 4. The Morgan fingerprint density at radius 3 is 2.39 bits per heavy atom. The Balaban J connectivity index is 1.83. The molecule has 28 heavy (non-hydrogen) atoms. The third-order valence-corrected chi connectivity index (χ3v) is 5.19. The van der Waals surface area contributed by atoms with E-state index in [2.05, 4.69) is 0 Å². The summed E-state index contributed by atoms with van der Waals surface area (Å²) in [6, 6.07) is 19.4. The molecule has 0 aliphatic carbocycles. The summed E-state index contributed by atoms with van der Waals surface area (Å²) in [7, 11) is 0. The first-order valence-corrected chi connectivity index (χ1v) is 9.55. The molecule has 0 fully saturated rings. The summed E-state index contributed by atoms with van der Waals surface area (Å²) >= 11 is 18.1. The van der Waals surface area contributed by atoms with Crippen LogP contribution in [0.4, 0.5) is 0 Å². The van der Waals surface area contributed by atoms with Crippen molar-refractivity contribution in [2.75, 3.05) is 0 Å². The van der Waals surface area contributed by atoms with Crippen molar-refractivity contribution >= 4 is 45.8 Å². The Hall–Kier alpha value is -2.46. The molecule has 0 saturated heterocycles. The molecule has 0 amide bonds. The topological polar surface area (TPSA) is 39.4 Å². The van der Waals surface area contributed by atoms with E-state index in [1.54, 1.807) is 36.4 Å². The van der Waals surface area contributed by atoms with Crippen molar-refractivity contribution in [1.82, 2.24) is 0 Å². The normalized spacial score (nSPS) is 11.0. The van der Waals surface area contributed by atoms with Crippen LogP contribution in [0.15, 0.2) is 75.9 Å². The minimum Gasteiger partial charge on any atom is -0.481 e. The van der Waals surface area contributed by atoms with Crippen LogP contribution in [0.2, 0.25) is 15.1 Å². The largest absolute Gasteiger partial charge is 0.481 e. The molecule has 3 nitrogen and oxygen atoms in total. The molecule has 0 N–H and O–H groups in total. The zero-order valence-corrected chi connectivity index (χ0v) is 16.7. The molecule has 0 atom stereocenters. The fraction of sp³-hybridized carbons (Fsp3) is 0.0455. The van der Waals surface area contributed by atoms with Gasteiger partial charge in [0.1, 0.15) is 12.2 Å². The molecule has 1 heterocycles. The predicted octanol–water partition coefficient (Wildman–Crippen LogP) is 7.00. The SMILES string of the molecule is O=c1c(OCc2ccc(Cl)c(Cl)c2)c(-c2ccccc2)oc2ccc(Cl)cc12. The number of hydrogen-bond donors (Lipinski definition) is 0. The van der Waals surface area contributed by atoms with E-state index in [4.69, 9.17) is 44.0 Å². The third kappa shape index (κ3) is 3.74. The van der Waals surface area contributed by atoms with E-state index in [-0.39, 0.29) is 17.8 Å². The monoisotopic (exact) mass is 430 g/mol. The standard InChI is InChI=1S/C22H13Cl3O3/c23-15-7-9-19-16(11-15)20(26)22(21(28-19)14-4-2-1-3-5-14)27-12-13-6-8-17(24)18(25)10-13/h1-11H,12H2. The minimum atomic E-state index is -0.289. The number of halogens is 3. The molecular weight excluding hydrogens is 419 g/mol. The summed E-state index contributed by atoms with van der Waals surface area (Å²) in [6.45, 7) is 0.132. The van der Waals surface area contributed by atoms with Gasteiger partial charge in [-0.1, -0.05) is 71.2 Å². The number of fused-ring (bicyclic) bond motifs is 1. The highest BCUT2D eigenvalue weighted by Gasteiger charge is 2.18. The van der Waals surface area contributed by atoms with E-state index in [0.29, 0.717) is 31.8 Å². The van der Waals surface area contributed by atoms with Gasteiger partial charge in [0.2, 0.25) is 11.2 Å². The highest BCUT2D eigenvalue weighted by atomic mass is 35.5. The van der Waals surface area contributed by atoms with E-state index < -0.39 is 0 Å². The van der Waals surface area contributed by atoms with E-state index in [0.717, 1.165) is 11.1 Å². The van der Waals surface area contributed by atoms with Gasteiger partial charge in [-0.15, -0.1) is 0 Å². The van der Waals surface area contributed by atoms with E-state index in [1.165, 1.54) is 0 Å². The summed E-state index contributed by atoms with van der Waals surface area (Å²) in [5.41, 5.74) is 1.66. The van der Waals surface area contributed by atoms with Crippen molar-refractivity contribution in [3.05, 3.63) is 97.6 Å². The van der Waals surface area contributed by atoms with Gasteiger partial charge in [0.15, 0.2) is 5.76 Å². The van der Waals surface area contributed by atoms with Gasteiger partial charge in [-0.2, -0.15) is 0 Å². The fourth-order valence-corrected chi connectivity index (χ4v) is 3.34. The molecule has 6 heteroatoms. The summed E-state index contributed by atoms with van der Waals surface area (Å²) < 4.78 is 11.9. The average Bonchev–Trinajstić information content (AvgIpc) is 2.71. The zero-order valence-electron chi connectivity index (χ0n) is 14.4. The summed E-state index contributed by atoms with van der Waals surface area (Å²) in [6.07, 6.45) is 0. The number of hydrogen-bond acceptors (Lipinski definition) is 3. The van der Waals surface area contributed by atoms with Gasteiger partial charge in [-0.3, -0.25) is 4.79 Å². The molecule has 0 saturated carbocycles. The summed E-state index contributed by atoms with van der Waals surface area (Å²) in [5.74, 6) is 0.479. The van der Waals surface area contributed by atoms with Crippen molar-refractivity contribution < 1.29 is 9.15 Å². The Morgan fingerprint density at radius 2 is 1.64 bits per heavy atom. The van der Waals surface area contributed by atoms with Gasteiger partial charge in [0, 0.05) is 10.6 Å². The Morgan fingerprint density at radius 1 is 0.857 bits per heavy atom. The van der Waals surface area contributed by atoms with Crippen LogP contribution in [-0.2, 0) is 6.61 Å². The van der Waals surface area contributed by atoms with Crippen molar-refractivity contribution in [2.45, 2.75) is 6.61 Å². The van der Waals surface area contributed by atoms with Crippen LogP contribution >= 0.6 is 34.8 Å². The molecule has 0 aliphatic heterocycles. The summed E-state index contributed by atoms with van der Waals surface area (Å²) in [5, 5.41) is 1.68. The summed E-state index contributed by atoms with van der Waals surface area (Å²) in [4.78, 5) is 13.1. The van der Waals surface area contributed by atoms with Crippen molar-refractivity contribution in [1.29, 1.82) is 0 Å². The molecule has 0 spiro atoms. The van der Waals surface area contributed by atoms with Gasteiger partial charge < -0.3 is 9.15 Å². The molecule has 4 aromatic rings. The minimum absolute atomic E-state index is 0.118. The van der Waals surface area contributed by atoms with Gasteiger partial charge in [-0.25, -0.2) is 0 Å². The molecule has 0 bridgehead atoms. The Labute approximate surface area is 176 Å². The van der Waals surface area contributed by atoms with Gasteiger partial charge >= 0.3 is 0 Å². The second kappa shape index (κ2) is 7.88. The first-order chi connectivity index (χ1) is 13.5. The van der Waals surface area contributed by atoms with Crippen LogP contribution in [0.5, 0.6) is 5.75 Å². The van der Waals surface area contributed by atoms with E-state index in [1.807, 2.05) is 30.3 Å². The van der Waals surface area contributed by atoms with Gasteiger partial charge in [-0.05, 0) is 35.9 Å². The van der Waals surface area contributed by atoms with Crippen molar-refractivity contribution in [3.63, 3.8) is 0 Å². The van der Waals surface area contributed by atoms with E-state index >= 15 is 0 Å². The maximum Gasteiger partial charge on any atom is 0.235 e. The highest BCUT2D eigenvalue weighted by Crippen LogP contribution is 2.32. The number of ether oxygens (including phenoxy) is 1. The van der Waals surface area contributed by atoms with E-state index in [9.17, 15) is 4.79 Å². The predicted molar refractivity (Wildman–Crippen MR) is 114 cm³/mol. The molecular formula is C22H13Cl3O3. The lowest BCUT2D eigenvalue weighted by atomic mass is 10.1. The first kappa shape index (κ1) is 18.9. The second-order valence-corrected chi connectivity index (χ2v) is 7.38. The molecule has 0 aliphatic rings. The van der Waals surface area contributed by atoms with Crippen LogP contribution in [0.1, 0.15) is 5.56 Å². The molecule has 140 valence electrons. The van der Waals surface area contributed by atoms with Crippen molar-refractivity contribution in [2.24, 2.45) is 0 Å². The maximum atomic E-state index is 13.1. The fourth-order valence-electron chi connectivity index (χ4n) is 2.85. The Bertz CT molecular complexity index is 1220. The molecule has 1 aromatic heterocycles. The lowest BCUT2D eigenvalue weighted by Gasteiger charge is -2.12. The Kier molecular flexibility index (Phi) is 5.31. The van der Waals surface area contributed by atoms with Crippen LogP contribution < -0.4 is 10.2 Å². The molecule has 4 rings (SSSR count). The lowest BCUT2D eigenvalue weighted by Crippen LogP contribution is -2.10. The van der Waals surface area contributed by atoms with Crippen LogP contribution in [0, 0.1) is 0 Å². The van der Waals surface area contributed by atoms with Crippen molar-refractivity contribution in [3.8, 4) is 17.1 Å². The molecule has 0 radical (unpaired) electrons. The lowest BCUT2D eigenvalue weighted by molar-refractivity contribution is 0.298. The van der Waals surface area contributed by atoms with Crippen LogP contribution in [0.25, 0.3) is 22.3 Å². The molecule has 0 unspecified atom stereocenters. The third-order valence-electron chi connectivity index (χ3n) is 4.21. The maximum absolute atomic E-state index is 13.1. The zero-order chi connectivity index (χ0) is 19.7. The van der Waals surface area contributed by atoms with Crippen LogP contribution in [0.3, 0.4) is 0 Å². The first-order valence-electron chi connectivity index (χ1n) is 8.41. The molecule has 3 aromatic carbocycles. The smallest absolute Gasteiger partial charge is 0.235 e. The van der Waals surface area contributed by atoms with Gasteiger partial charge in [0.05, 0.1) is 15.4 Å². The number of benzene rings is 3. The highest BCUT2D eigenvalue weighted by molar-refractivity contribution is 6.42. The average molecular weight is 432 g/mol. The second-order valence-electron chi connectivity index (χ2n) is 6.13. The quantitative estimate of drug-likeness (QED) is 0.349. The van der Waals surface area contributed by atoms with Gasteiger partial charge in [0.25, 0.3) is 0 Å².